The Balaban J connectivity index is 1.95. The van der Waals surface area contributed by atoms with Crippen LogP contribution in [0.5, 0.6) is 0 Å². The van der Waals surface area contributed by atoms with E-state index in [4.69, 9.17) is 4.42 Å². The molecule has 1 aliphatic rings. The maximum absolute atomic E-state index is 5.30. The van der Waals surface area contributed by atoms with Crippen LogP contribution in [0.3, 0.4) is 0 Å². The molecule has 2 heteroatoms. The predicted octanol–water partition coefficient (Wildman–Crippen LogP) is 2.26. The second kappa shape index (κ2) is 3.31. The van der Waals surface area contributed by atoms with Crippen molar-refractivity contribution in [3.63, 3.8) is 0 Å². The Morgan fingerprint density at radius 1 is 1.67 bits per heavy atom. The minimum absolute atomic E-state index is 0.732. The molecule has 2 nitrogen and oxygen atoms in total. The smallest absolute Gasteiger partial charge is 0.117 e. The maximum atomic E-state index is 5.30. The topological polar surface area (TPSA) is 16.4 Å². The van der Waals surface area contributed by atoms with E-state index in [0.29, 0.717) is 0 Å². The predicted molar refractivity (Wildman–Crippen MR) is 47.8 cm³/mol. The molecule has 2 heterocycles. The van der Waals surface area contributed by atoms with E-state index in [-0.39, 0.29) is 0 Å². The average molecular weight is 165 g/mol. The molecule has 0 bridgehead atoms. The number of hydrogen-bond acceptors (Lipinski definition) is 2. The molecule has 0 amide bonds. The summed E-state index contributed by atoms with van der Waals surface area (Å²) in [6.45, 7) is 4.49. The van der Waals surface area contributed by atoms with Crippen LogP contribution in [0.4, 0.5) is 0 Å². The van der Waals surface area contributed by atoms with Gasteiger partial charge < -0.3 is 4.42 Å². The molecule has 1 aromatic rings. The largest absolute Gasteiger partial charge is 0.468 e. The highest BCUT2D eigenvalue weighted by Crippen LogP contribution is 2.19. The van der Waals surface area contributed by atoms with Gasteiger partial charge in [0, 0.05) is 6.04 Å². The van der Waals surface area contributed by atoms with Gasteiger partial charge in [0.15, 0.2) is 0 Å². The fraction of sp³-hybridized carbons (Fsp3) is 0.600. The van der Waals surface area contributed by atoms with E-state index >= 15 is 0 Å². The molecule has 1 aliphatic heterocycles. The lowest BCUT2D eigenvalue weighted by atomic mass is 10.2. The van der Waals surface area contributed by atoms with Crippen molar-refractivity contribution in [1.29, 1.82) is 0 Å². The number of hydrogen-bond donors (Lipinski definition) is 0. The monoisotopic (exact) mass is 165 g/mol. The lowest BCUT2D eigenvalue weighted by Crippen LogP contribution is -2.25. The van der Waals surface area contributed by atoms with Crippen molar-refractivity contribution in [2.45, 2.75) is 32.4 Å². The molecule has 1 aromatic heterocycles. The van der Waals surface area contributed by atoms with Crippen molar-refractivity contribution in [2.24, 2.45) is 0 Å². The summed E-state index contributed by atoms with van der Waals surface area (Å²) in [5.74, 6) is 1.09. The quantitative estimate of drug-likeness (QED) is 0.668. The summed E-state index contributed by atoms with van der Waals surface area (Å²) in [4.78, 5) is 2.47. The third kappa shape index (κ3) is 1.53. The zero-order valence-corrected chi connectivity index (χ0v) is 7.49. The number of nitrogens with zero attached hydrogens (tertiary/aromatic N) is 1. The second-order valence-electron chi connectivity index (χ2n) is 3.54. The Labute approximate surface area is 73.2 Å². The summed E-state index contributed by atoms with van der Waals surface area (Å²) in [6, 6.07) is 4.73. The van der Waals surface area contributed by atoms with Crippen molar-refractivity contribution < 1.29 is 4.42 Å². The summed E-state index contributed by atoms with van der Waals surface area (Å²) in [7, 11) is 0. The lowest BCUT2D eigenvalue weighted by Gasteiger charge is -2.18. The third-order valence-corrected chi connectivity index (χ3v) is 2.63. The van der Waals surface area contributed by atoms with Gasteiger partial charge in [-0.15, -0.1) is 0 Å². The fourth-order valence-electron chi connectivity index (χ4n) is 1.83. The number of rotatable bonds is 2. The molecule has 2 rings (SSSR count). The first-order valence-corrected chi connectivity index (χ1v) is 4.62. The molecule has 1 fully saturated rings. The van der Waals surface area contributed by atoms with E-state index < -0.39 is 0 Å². The summed E-state index contributed by atoms with van der Waals surface area (Å²) < 4.78 is 5.30. The SMILES string of the molecule is CC1CCCN1Cc1ccco1. The minimum Gasteiger partial charge on any atom is -0.468 e. The van der Waals surface area contributed by atoms with Gasteiger partial charge in [-0.05, 0) is 38.4 Å². The molecule has 1 atom stereocenters. The molecule has 0 aromatic carbocycles. The molecule has 0 radical (unpaired) electrons. The minimum atomic E-state index is 0.732. The summed E-state index contributed by atoms with van der Waals surface area (Å²) in [5, 5.41) is 0. The Bertz CT molecular complexity index is 230. The number of furan rings is 1. The lowest BCUT2D eigenvalue weighted by molar-refractivity contribution is 0.238. The Morgan fingerprint density at radius 3 is 3.17 bits per heavy atom. The van der Waals surface area contributed by atoms with Crippen molar-refractivity contribution in [1.82, 2.24) is 4.90 Å². The van der Waals surface area contributed by atoms with Gasteiger partial charge in [-0.2, -0.15) is 0 Å². The van der Waals surface area contributed by atoms with E-state index in [1.165, 1.54) is 19.4 Å². The zero-order valence-electron chi connectivity index (χ0n) is 7.49. The molecule has 0 aliphatic carbocycles. The van der Waals surface area contributed by atoms with Crippen LogP contribution in [-0.2, 0) is 6.54 Å². The van der Waals surface area contributed by atoms with Gasteiger partial charge in [-0.25, -0.2) is 0 Å². The first-order chi connectivity index (χ1) is 5.86. The van der Waals surface area contributed by atoms with Crippen LogP contribution in [0.1, 0.15) is 25.5 Å². The van der Waals surface area contributed by atoms with Gasteiger partial charge in [-0.1, -0.05) is 0 Å². The van der Waals surface area contributed by atoms with E-state index in [1.807, 2.05) is 12.1 Å². The van der Waals surface area contributed by atoms with Crippen LogP contribution in [0.2, 0.25) is 0 Å². The van der Waals surface area contributed by atoms with Crippen molar-refractivity contribution in [3.8, 4) is 0 Å². The van der Waals surface area contributed by atoms with Gasteiger partial charge in [0.05, 0.1) is 12.8 Å². The molecular formula is C10H15NO. The molecule has 12 heavy (non-hydrogen) atoms. The standard InChI is InChI=1S/C10H15NO/c1-9-4-2-6-11(9)8-10-5-3-7-12-10/h3,5,7,9H,2,4,6,8H2,1H3. The first kappa shape index (κ1) is 7.87. The van der Waals surface area contributed by atoms with E-state index in [0.717, 1.165) is 18.3 Å². The maximum Gasteiger partial charge on any atom is 0.117 e. The van der Waals surface area contributed by atoms with Crippen molar-refractivity contribution >= 4 is 0 Å². The Hall–Kier alpha value is -0.760. The molecule has 1 unspecified atom stereocenters. The van der Waals surface area contributed by atoms with Gasteiger partial charge in [0.25, 0.3) is 0 Å². The van der Waals surface area contributed by atoms with Gasteiger partial charge in [0.2, 0.25) is 0 Å². The van der Waals surface area contributed by atoms with Crippen LogP contribution in [0.15, 0.2) is 22.8 Å². The van der Waals surface area contributed by atoms with Crippen LogP contribution in [-0.4, -0.2) is 17.5 Å². The number of likely N-dealkylation sites (tertiary alicyclic amines) is 1. The Kier molecular flexibility index (Phi) is 2.17. The molecule has 1 saturated heterocycles. The van der Waals surface area contributed by atoms with Gasteiger partial charge >= 0.3 is 0 Å². The summed E-state index contributed by atoms with van der Waals surface area (Å²) in [5.41, 5.74) is 0. The van der Waals surface area contributed by atoms with Crippen LogP contribution in [0, 0.1) is 0 Å². The molecular weight excluding hydrogens is 150 g/mol. The fourth-order valence-corrected chi connectivity index (χ4v) is 1.83. The highest BCUT2D eigenvalue weighted by molar-refractivity contribution is 4.98. The molecule has 0 spiro atoms. The van der Waals surface area contributed by atoms with E-state index in [9.17, 15) is 0 Å². The molecule has 0 N–H and O–H groups in total. The molecule has 0 saturated carbocycles. The highest BCUT2D eigenvalue weighted by atomic mass is 16.3. The van der Waals surface area contributed by atoms with Crippen LogP contribution >= 0.6 is 0 Å². The van der Waals surface area contributed by atoms with Crippen LogP contribution < -0.4 is 0 Å². The van der Waals surface area contributed by atoms with Gasteiger partial charge in [0.1, 0.15) is 5.76 Å². The zero-order chi connectivity index (χ0) is 8.39. The second-order valence-corrected chi connectivity index (χ2v) is 3.54. The summed E-state index contributed by atoms with van der Waals surface area (Å²) in [6.07, 6.45) is 4.42. The van der Waals surface area contributed by atoms with Crippen LogP contribution in [0.25, 0.3) is 0 Å². The van der Waals surface area contributed by atoms with Crippen molar-refractivity contribution in [3.05, 3.63) is 24.2 Å². The molecule has 66 valence electrons. The third-order valence-electron chi connectivity index (χ3n) is 2.63. The van der Waals surface area contributed by atoms with Gasteiger partial charge in [-0.3, -0.25) is 4.90 Å². The van der Waals surface area contributed by atoms with E-state index in [2.05, 4.69) is 11.8 Å². The summed E-state index contributed by atoms with van der Waals surface area (Å²) >= 11 is 0. The first-order valence-electron chi connectivity index (χ1n) is 4.62. The average Bonchev–Trinajstić information content (AvgIpc) is 2.65. The highest BCUT2D eigenvalue weighted by Gasteiger charge is 2.20. The van der Waals surface area contributed by atoms with Crippen molar-refractivity contribution in [2.75, 3.05) is 6.54 Å². The van der Waals surface area contributed by atoms with E-state index in [1.54, 1.807) is 6.26 Å². The Morgan fingerprint density at radius 2 is 2.58 bits per heavy atom. The normalized spacial score (nSPS) is 24.9.